The molecule has 0 saturated carbocycles. The Bertz CT molecular complexity index is 643. The SMILES string of the molecule is CSC1N=C(C)C(c2cc(OCC(F)(F)F)ccn2)=C(C)N1C. The van der Waals surface area contributed by atoms with Crippen LogP contribution in [0, 0.1) is 0 Å². The minimum atomic E-state index is -4.37. The van der Waals surface area contributed by atoms with E-state index in [0.717, 1.165) is 17.0 Å². The number of thioether (sulfide) groups is 1. The van der Waals surface area contributed by atoms with Crippen molar-refractivity contribution >= 4 is 23.0 Å². The van der Waals surface area contributed by atoms with E-state index in [1.807, 2.05) is 32.1 Å². The van der Waals surface area contributed by atoms with Gasteiger partial charge in [-0.2, -0.15) is 13.2 Å². The van der Waals surface area contributed by atoms with Crippen LogP contribution in [0.2, 0.25) is 0 Å². The lowest BCUT2D eigenvalue weighted by Crippen LogP contribution is -2.32. The molecule has 0 spiro atoms. The molecule has 1 unspecified atom stereocenters. The van der Waals surface area contributed by atoms with Crippen molar-refractivity contribution in [2.45, 2.75) is 25.5 Å². The average Bonchev–Trinajstić information content (AvgIpc) is 2.49. The lowest BCUT2D eigenvalue weighted by Gasteiger charge is -2.32. The first kappa shape index (κ1) is 17.7. The number of hydrogen-bond acceptors (Lipinski definition) is 5. The van der Waals surface area contributed by atoms with Crippen molar-refractivity contribution in [3.05, 3.63) is 29.7 Å². The zero-order chi connectivity index (χ0) is 17.2. The van der Waals surface area contributed by atoms with Crippen molar-refractivity contribution < 1.29 is 17.9 Å². The third kappa shape index (κ3) is 4.19. The van der Waals surface area contributed by atoms with E-state index in [-0.39, 0.29) is 11.2 Å². The second kappa shape index (κ2) is 6.82. The van der Waals surface area contributed by atoms with Gasteiger partial charge in [-0.05, 0) is 26.2 Å². The van der Waals surface area contributed by atoms with E-state index in [2.05, 4.69) is 9.98 Å². The molecular weight excluding hydrogens is 327 g/mol. The molecule has 0 fully saturated rings. The molecule has 0 radical (unpaired) electrons. The number of ether oxygens (including phenoxy) is 1. The first-order valence-electron chi connectivity index (χ1n) is 6.90. The molecule has 1 aliphatic heterocycles. The molecule has 1 atom stereocenters. The average molecular weight is 345 g/mol. The fourth-order valence-electron chi connectivity index (χ4n) is 2.30. The predicted molar refractivity (Wildman–Crippen MR) is 86.6 cm³/mol. The summed E-state index contributed by atoms with van der Waals surface area (Å²) >= 11 is 1.61. The maximum Gasteiger partial charge on any atom is 0.422 e. The molecule has 126 valence electrons. The molecule has 0 amide bonds. The molecule has 0 saturated heterocycles. The van der Waals surface area contributed by atoms with E-state index < -0.39 is 12.8 Å². The number of rotatable bonds is 4. The van der Waals surface area contributed by atoms with E-state index in [0.29, 0.717) is 5.69 Å². The van der Waals surface area contributed by atoms with E-state index >= 15 is 0 Å². The van der Waals surface area contributed by atoms with Crippen LogP contribution in [0.3, 0.4) is 0 Å². The first-order valence-corrected chi connectivity index (χ1v) is 8.19. The Morgan fingerprint density at radius 3 is 2.65 bits per heavy atom. The summed E-state index contributed by atoms with van der Waals surface area (Å²) in [7, 11) is 1.93. The fourth-order valence-corrected chi connectivity index (χ4v) is 3.04. The number of pyridine rings is 1. The molecule has 1 aromatic heterocycles. The predicted octanol–water partition coefficient (Wildman–Crippen LogP) is 3.81. The van der Waals surface area contributed by atoms with Crippen LogP contribution in [0.15, 0.2) is 29.0 Å². The van der Waals surface area contributed by atoms with Crippen LogP contribution in [0.5, 0.6) is 5.75 Å². The van der Waals surface area contributed by atoms with Crippen molar-refractivity contribution in [1.82, 2.24) is 9.88 Å². The maximum atomic E-state index is 12.3. The summed E-state index contributed by atoms with van der Waals surface area (Å²) in [5.41, 5.74) is 3.13. The van der Waals surface area contributed by atoms with Crippen molar-refractivity contribution in [2.24, 2.45) is 4.99 Å². The van der Waals surface area contributed by atoms with E-state index in [4.69, 9.17) is 4.74 Å². The first-order chi connectivity index (χ1) is 10.7. The highest BCUT2D eigenvalue weighted by molar-refractivity contribution is 7.99. The van der Waals surface area contributed by atoms with Gasteiger partial charge < -0.3 is 9.64 Å². The zero-order valence-electron chi connectivity index (χ0n) is 13.3. The van der Waals surface area contributed by atoms with Crippen molar-refractivity contribution in [3.8, 4) is 5.75 Å². The number of aliphatic imine (C=N–C) groups is 1. The number of allylic oxidation sites excluding steroid dienone is 2. The second-order valence-corrected chi connectivity index (χ2v) is 6.02. The number of alkyl halides is 3. The monoisotopic (exact) mass is 345 g/mol. The van der Waals surface area contributed by atoms with E-state index in [1.165, 1.54) is 18.3 Å². The molecule has 0 N–H and O–H groups in total. The van der Waals surface area contributed by atoms with Gasteiger partial charge in [0, 0.05) is 36.3 Å². The summed E-state index contributed by atoms with van der Waals surface area (Å²) in [6.45, 7) is 2.50. The van der Waals surface area contributed by atoms with Gasteiger partial charge in [0.25, 0.3) is 0 Å². The zero-order valence-corrected chi connectivity index (χ0v) is 14.1. The Morgan fingerprint density at radius 1 is 1.35 bits per heavy atom. The summed E-state index contributed by atoms with van der Waals surface area (Å²) in [6, 6.07) is 2.92. The summed E-state index contributed by atoms with van der Waals surface area (Å²) in [5, 5.41) is 0. The van der Waals surface area contributed by atoms with Crippen LogP contribution < -0.4 is 4.74 Å². The Morgan fingerprint density at radius 2 is 2.04 bits per heavy atom. The third-order valence-corrected chi connectivity index (χ3v) is 4.33. The molecule has 2 rings (SSSR count). The largest absolute Gasteiger partial charge is 0.484 e. The topological polar surface area (TPSA) is 37.7 Å². The van der Waals surface area contributed by atoms with Gasteiger partial charge in [0.1, 0.15) is 5.75 Å². The Balaban J connectivity index is 2.31. The lowest BCUT2D eigenvalue weighted by molar-refractivity contribution is -0.153. The molecule has 0 bridgehead atoms. The molecule has 23 heavy (non-hydrogen) atoms. The van der Waals surface area contributed by atoms with Crippen LogP contribution in [-0.2, 0) is 0 Å². The second-order valence-electron chi connectivity index (χ2n) is 5.13. The molecular formula is C15H18F3N3OS. The molecule has 1 aliphatic rings. The van der Waals surface area contributed by atoms with Crippen molar-refractivity contribution in [1.29, 1.82) is 0 Å². The molecule has 0 aliphatic carbocycles. The number of aromatic nitrogens is 1. The molecule has 8 heteroatoms. The van der Waals surface area contributed by atoms with Crippen molar-refractivity contribution in [2.75, 3.05) is 19.9 Å². The van der Waals surface area contributed by atoms with Gasteiger partial charge in [-0.15, -0.1) is 11.8 Å². The summed E-state index contributed by atoms with van der Waals surface area (Å²) in [5.74, 6) is 0.134. The Hall–Kier alpha value is -1.70. The van der Waals surface area contributed by atoms with Gasteiger partial charge >= 0.3 is 6.18 Å². The van der Waals surface area contributed by atoms with Gasteiger partial charge in [0.2, 0.25) is 0 Å². The number of hydrogen-bond donors (Lipinski definition) is 0. The van der Waals surface area contributed by atoms with E-state index in [1.54, 1.807) is 11.8 Å². The van der Waals surface area contributed by atoms with Gasteiger partial charge in [0.15, 0.2) is 12.1 Å². The van der Waals surface area contributed by atoms with E-state index in [9.17, 15) is 13.2 Å². The minimum absolute atomic E-state index is 0.0107. The maximum absolute atomic E-state index is 12.3. The number of halogens is 3. The quantitative estimate of drug-likeness (QED) is 0.832. The third-order valence-electron chi connectivity index (χ3n) is 3.49. The standard InChI is InChI=1S/C15H18F3N3OS/c1-9-13(10(2)21(3)14(20-9)23-4)12-7-11(5-6-19-12)22-8-15(16,17)18/h5-7,14H,8H2,1-4H3. The molecule has 2 heterocycles. The highest BCUT2D eigenvalue weighted by atomic mass is 32.2. The van der Waals surface area contributed by atoms with Crippen molar-refractivity contribution in [3.63, 3.8) is 0 Å². The smallest absolute Gasteiger partial charge is 0.422 e. The van der Waals surface area contributed by atoms with Crippen LogP contribution in [0.4, 0.5) is 13.2 Å². The van der Waals surface area contributed by atoms with Gasteiger partial charge in [-0.3, -0.25) is 9.98 Å². The Labute approximate surface area is 137 Å². The molecule has 1 aromatic rings. The van der Waals surface area contributed by atoms with Crippen LogP contribution in [0.1, 0.15) is 19.5 Å². The lowest BCUT2D eigenvalue weighted by atomic mass is 10.0. The summed E-state index contributed by atoms with van der Waals surface area (Å²) < 4.78 is 41.6. The Kier molecular flexibility index (Phi) is 5.23. The summed E-state index contributed by atoms with van der Waals surface area (Å²) in [4.78, 5) is 10.9. The van der Waals surface area contributed by atoms with Crippen LogP contribution >= 0.6 is 11.8 Å². The van der Waals surface area contributed by atoms with Crippen LogP contribution in [-0.4, -0.2) is 47.2 Å². The van der Waals surface area contributed by atoms with Crippen LogP contribution in [0.25, 0.3) is 5.57 Å². The van der Waals surface area contributed by atoms with Gasteiger partial charge in [-0.25, -0.2) is 0 Å². The normalized spacial score (nSPS) is 19.0. The molecule has 4 nitrogen and oxygen atoms in total. The minimum Gasteiger partial charge on any atom is -0.484 e. The van der Waals surface area contributed by atoms with Gasteiger partial charge in [0.05, 0.1) is 5.69 Å². The molecule has 0 aromatic carbocycles. The number of nitrogens with zero attached hydrogens (tertiary/aromatic N) is 3. The highest BCUT2D eigenvalue weighted by Gasteiger charge is 2.29. The fraction of sp³-hybridized carbons (Fsp3) is 0.467. The summed E-state index contributed by atoms with van der Waals surface area (Å²) in [6.07, 6.45) is -0.956. The van der Waals surface area contributed by atoms with Gasteiger partial charge in [-0.1, -0.05) is 0 Å². The highest BCUT2D eigenvalue weighted by Crippen LogP contribution is 2.31.